The molecule has 2 rings (SSSR count). The third-order valence-electron chi connectivity index (χ3n) is 4.35. The number of hydrogen-bond donors (Lipinski definition) is 1. The van der Waals surface area contributed by atoms with Gasteiger partial charge < -0.3 is 19.5 Å². The summed E-state index contributed by atoms with van der Waals surface area (Å²) in [5.41, 5.74) is 1.73. The highest BCUT2D eigenvalue weighted by molar-refractivity contribution is 5.88. The van der Waals surface area contributed by atoms with Crippen LogP contribution in [0.4, 0.5) is 4.79 Å². The smallest absolute Gasteiger partial charge is 0.408 e. The van der Waals surface area contributed by atoms with Crippen molar-refractivity contribution < 1.29 is 28.6 Å². The molecule has 2 aromatic rings. The highest BCUT2D eigenvalue weighted by atomic mass is 16.6. The van der Waals surface area contributed by atoms with Crippen LogP contribution in [0.5, 0.6) is 0 Å². The molecule has 0 saturated heterocycles. The van der Waals surface area contributed by atoms with Crippen LogP contribution in [-0.4, -0.2) is 38.3 Å². The van der Waals surface area contributed by atoms with Crippen molar-refractivity contribution in [2.45, 2.75) is 19.1 Å². The highest BCUT2D eigenvalue weighted by Gasteiger charge is 2.36. The van der Waals surface area contributed by atoms with Gasteiger partial charge in [0.2, 0.25) is 0 Å². The molecule has 1 amide bonds. The Labute approximate surface area is 175 Å². The lowest BCUT2D eigenvalue weighted by Gasteiger charge is -2.23. The van der Waals surface area contributed by atoms with Crippen LogP contribution >= 0.6 is 0 Å². The second-order valence-electron chi connectivity index (χ2n) is 6.39. The number of ether oxygens (including phenoxy) is 3. The molecule has 0 aliphatic rings. The molecule has 1 N–H and O–H groups in total. The van der Waals surface area contributed by atoms with Gasteiger partial charge in [0.25, 0.3) is 0 Å². The van der Waals surface area contributed by atoms with Gasteiger partial charge in [-0.15, -0.1) is 0 Å². The monoisotopic (exact) mass is 411 g/mol. The minimum Gasteiger partial charge on any atom is -0.469 e. The van der Waals surface area contributed by atoms with Crippen LogP contribution in [0.25, 0.3) is 6.08 Å². The SMILES string of the molecule is COC(=O)[C@@H](NC(=O)OCc1ccccc1)[C@@H](C/C=C/c1ccccc1)C(=O)OC. The van der Waals surface area contributed by atoms with E-state index in [1.807, 2.05) is 54.6 Å². The fourth-order valence-electron chi connectivity index (χ4n) is 2.78. The first-order valence-electron chi connectivity index (χ1n) is 9.39. The summed E-state index contributed by atoms with van der Waals surface area (Å²) in [4.78, 5) is 36.9. The Hall–Kier alpha value is -3.61. The van der Waals surface area contributed by atoms with Crippen LogP contribution < -0.4 is 5.32 Å². The molecule has 158 valence electrons. The Morgan fingerprint density at radius 1 is 0.900 bits per heavy atom. The molecule has 0 unspecified atom stereocenters. The van der Waals surface area contributed by atoms with E-state index in [-0.39, 0.29) is 13.0 Å². The molecule has 0 aromatic heterocycles. The fraction of sp³-hybridized carbons (Fsp3) is 0.261. The molecule has 7 heteroatoms. The Morgan fingerprint density at radius 2 is 1.50 bits per heavy atom. The minimum atomic E-state index is -1.26. The maximum absolute atomic E-state index is 12.3. The summed E-state index contributed by atoms with van der Waals surface area (Å²) in [5, 5.41) is 2.43. The van der Waals surface area contributed by atoms with E-state index in [0.717, 1.165) is 11.1 Å². The lowest BCUT2D eigenvalue weighted by atomic mass is 9.95. The van der Waals surface area contributed by atoms with Gasteiger partial charge in [0.05, 0.1) is 20.1 Å². The van der Waals surface area contributed by atoms with Gasteiger partial charge in [-0.2, -0.15) is 0 Å². The summed E-state index contributed by atoms with van der Waals surface area (Å²) in [6.45, 7) is 0.0252. The molecule has 7 nitrogen and oxygen atoms in total. The Kier molecular flexibility index (Phi) is 9.12. The topological polar surface area (TPSA) is 90.9 Å². The van der Waals surface area contributed by atoms with Crippen LogP contribution in [0.2, 0.25) is 0 Å². The predicted molar refractivity (Wildman–Crippen MR) is 111 cm³/mol. The van der Waals surface area contributed by atoms with E-state index in [0.29, 0.717) is 0 Å². The Morgan fingerprint density at radius 3 is 2.10 bits per heavy atom. The van der Waals surface area contributed by atoms with Crippen molar-refractivity contribution in [3.8, 4) is 0 Å². The van der Waals surface area contributed by atoms with Crippen molar-refractivity contribution in [2.75, 3.05) is 14.2 Å². The van der Waals surface area contributed by atoms with Crippen LogP contribution in [0.3, 0.4) is 0 Å². The lowest BCUT2D eigenvalue weighted by molar-refractivity contribution is -0.154. The van der Waals surface area contributed by atoms with E-state index in [1.54, 1.807) is 18.2 Å². The predicted octanol–water partition coefficient (Wildman–Crippen LogP) is 3.35. The first kappa shape index (κ1) is 22.7. The maximum Gasteiger partial charge on any atom is 0.408 e. The normalized spacial score (nSPS) is 12.6. The zero-order valence-corrected chi connectivity index (χ0v) is 16.9. The van der Waals surface area contributed by atoms with Crippen LogP contribution in [0, 0.1) is 5.92 Å². The molecule has 0 spiro atoms. The third kappa shape index (κ3) is 7.09. The summed E-state index contributed by atoms with van der Waals surface area (Å²) in [6.07, 6.45) is 2.87. The standard InChI is InChI=1S/C23H25NO6/c1-28-21(25)19(15-9-14-17-10-5-3-6-11-17)20(22(26)29-2)24-23(27)30-16-18-12-7-4-8-13-18/h3-14,19-20H,15-16H2,1-2H3,(H,24,27)/b14-9+/t19-,20+/m1/s1. The molecule has 0 aliphatic carbocycles. The number of alkyl carbamates (subject to hydrolysis) is 1. The molecule has 0 fully saturated rings. The molecule has 2 aromatic carbocycles. The number of allylic oxidation sites excluding steroid dienone is 1. The van der Waals surface area contributed by atoms with Crippen LogP contribution in [0.15, 0.2) is 66.7 Å². The second kappa shape index (κ2) is 12.1. The van der Waals surface area contributed by atoms with E-state index >= 15 is 0 Å². The van der Waals surface area contributed by atoms with Gasteiger partial charge in [-0.1, -0.05) is 72.8 Å². The fourth-order valence-corrected chi connectivity index (χ4v) is 2.78. The maximum atomic E-state index is 12.3. The molecule has 0 radical (unpaired) electrons. The van der Waals surface area contributed by atoms with Crippen molar-refractivity contribution in [1.29, 1.82) is 0 Å². The average Bonchev–Trinajstić information content (AvgIpc) is 2.79. The molecular weight excluding hydrogens is 386 g/mol. The summed E-state index contributed by atoms with van der Waals surface area (Å²) < 4.78 is 14.8. The first-order valence-corrected chi connectivity index (χ1v) is 9.39. The minimum absolute atomic E-state index is 0.0252. The first-order chi connectivity index (χ1) is 14.5. The molecule has 0 heterocycles. The molecule has 0 aliphatic heterocycles. The van der Waals surface area contributed by atoms with Gasteiger partial charge in [0, 0.05) is 0 Å². The summed E-state index contributed by atoms with van der Waals surface area (Å²) >= 11 is 0. The number of amides is 1. The summed E-state index contributed by atoms with van der Waals surface area (Å²) in [6, 6.07) is 17.3. The number of methoxy groups -OCH3 is 2. The highest BCUT2D eigenvalue weighted by Crippen LogP contribution is 2.16. The number of carbonyl (C=O) groups excluding carboxylic acids is 3. The number of carbonyl (C=O) groups is 3. The van der Waals surface area contributed by atoms with Crippen molar-refractivity contribution in [1.82, 2.24) is 5.32 Å². The zero-order chi connectivity index (χ0) is 21.8. The van der Waals surface area contributed by atoms with Gasteiger partial charge in [0.15, 0.2) is 0 Å². The number of esters is 2. The van der Waals surface area contributed by atoms with Crippen LogP contribution in [-0.2, 0) is 30.4 Å². The molecule has 0 saturated carbocycles. The van der Waals surface area contributed by atoms with E-state index in [9.17, 15) is 14.4 Å². The van der Waals surface area contributed by atoms with Crippen LogP contribution in [0.1, 0.15) is 17.5 Å². The zero-order valence-electron chi connectivity index (χ0n) is 16.9. The van der Waals surface area contributed by atoms with Gasteiger partial charge in [-0.25, -0.2) is 9.59 Å². The van der Waals surface area contributed by atoms with Gasteiger partial charge >= 0.3 is 18.0 Å². The Balaban J connectivity index is 2.08. The number of nitrogens with one attached hydrogen (secondary N) is 1. The average molecular weight is 411 g/mol. The molecular formula is C23H25NO6. The third-order valence-corrected chi connectivity index (χ3v) is 4.35. The molecule has 30 heavy (non-hydrogen) atoms. The molecule has 2 atom stereocenters. The van der Waals surface area contributed by atoms with Crippen molar-refractivity contribution in [2.24, 2.45) is 5.92 Å². The van der Waals surface area contributed by atoms with E-state index in [1.165, 1.54) is 14.2 Å². The largest absolute Gasteiger partial charge is 0.469 e. The lowest BCUT2D eigenvalue weighted by Crippen LogP contribution is -2.49. The number of benzene rings is 2. The van der Waals surface area contributed by atoms with E-state index in [2.05, 4.69) is 5.32 Å². The summed E-state index contributed by atoms with van der Waals surface area (Å²) in [7, 11) is 2.40. The summed E-state index contributed by atoms with van der Waals surface area (Å²) in [5.74, 6) is -2.40. The van der Waals surface area contributed by atoms with Gasteiger partial charge in [-0.3, -0.25) is 4.79 Å². The van der Waals surface area contributed by atoms with E-state index < -0.39 is 30.0 Å². The van der Waals surface area contributed by atoms with Gasteiger partial charge in [0.1, 0.15) is 12.6 Å². The Bertz CT molecular complexity index is 851. The number of hydrogen-bond acceptors (Lipinski definition) is 6. The second-order valence-corrected chi connectivity index (χ2v) is 6.39. The quantitative estimate of drug-likeness (QED) is 0.503. The van der Waals surface area contributed by atoms with Crippen molar-refractivity contribution in [3.05, 3.63) is 77.9 Å². The molecule has 0 bridgehead atoms. The van der Waals surface area contributed by atoms with Gasteiger partial charge in [-0.05, 0) is 17.5 Å². The van der Waals surface area contributed by atoms with Crippen molar-refractivity contribution >= 4 is 24.1 Å². The van der Waals surface area contributed by atoms with E-state index in [4.69, 9.17) is 14.2 Å². The number of rotatable bonds is 9. The van der Waals surface area contributed by atoms with Crippen molar-refractivity contribution in [3.63, 3.8) is 0 Å².